The van der Waals surface area contributed by atoms with Gasteiger partial charge in [-0.15, -0.1) is 0 Å². The third-order valence-electron chi connectivity index (χ3n) is 8.28. The number of para-hydroxylation sites is 1. The van der Waals surface area contributed by atoms with Crippen LogP contribution in [-0.4, -0.2) is 51.7 Å². The fourth-order valence-corrected chi connectivity index (χ4v) is 6.67. The lowest BCUT2D eigenvalue weighted by Crippen LogP contribution is -2.51. The van der Waals surface area contributed by atoms with E-state index in [0.29, 0.717) is 36.4 Å². The van der Waals surface area contributed by atoms with Gasteiger partial charge in [-0.1, -0.05) is 36.4 Å². The largest absolute Gasteiger partial charge is 0.342 e. The van der Waals surface area contributed by atoms with Crippen molar-refractivity contribution in [2.75, 3.05) is 24.5 Å². The third-order valence-corrected chi connectivity index (χ3v) is 8.28. The first kappa shape index (κ1) is 22.0. The molecule has 4 aliphatic rings. The van der Waals surface area contributed by atoms with E-state index in [0.717, 1.165) is 17.7 Å². The van der Waals surface area contributed by atoms with E-state index in [1.165, 1.54) is 0 Å². The number of fused-ring (bicyclic) bond motifs is 9. The summed E-state index contributed by atoms with van der Waals surface area (Å²) in [6.45, 7) is 2.04. The topological polar surface area (TPSA) is 82.9 Å². The first-order valence-electron chi connectivity index (χ1n) is 12.8. The highest BCUT2D eigenvalue weighted by atomic mass is 16.2. The van der Waals surface area contributed by atoms with Crippen molar-refractivity contribution < 1.29 is 14.4 Å². The first-order valence-corrected chi connectivity index (χ1v) is 12.8. The number of pyridine rings is 1. The van der Waals surface area contributed by atoms with E-state index in [1.807, 2.05) is 45.9 Å². The van der Waals surface area contributed by atoms with Gasteiger partial charge in [-0.05, 0) is 36.6 Å². The quantitative estimate of drug-likeness (QED) is 0.561. The lowest BCUT2D eigenvalue weighted by molar-refractivity contribution is -0.134. The number of carbonyl (C=O) groups excluding carboxylic acids is 3. The molecule has 3 aromatic rings. The molecule has 7 rings (SSSR count). The number of piperidine rings is 1. The van der Waals surface area contributed by atoms with Crippen molar-refractivity contribution in [3.63, 3.8) is 0 Å². The molecule has 0 radical (unpaired) electrons. The molecule has 186 valence electrons. The van der Waals surface area contributed by atoms with Gasteiger partial charge in [0.05, 0.1) is 11.3 Å². The summed E-state index contributed by atoms with van der Waals surface area (Å²) in [7, 11) is 0. The van der Waals surface area contributed by atoms with Crippen LogP contribution in [-0.2, 0) is 11.3 Å². The Morgan fingerprint density at radius 1 is 0.811 bits per heavy atom. The number of rotatable bonds is 3. The van der Waals surface area contributed by atoms with E-state index in [9.17, 15) is 19.2 Å². The molecule has 1 aromatic heterocycles. The van der Waals surface area contributed by atoms with Crippen LogP contribution in [0, 0.1) is 5.92 Å². The standard InChI is InChI=1S/C29H26N4O4/c34-25(30-15-18-14-19(17-30)23-10-5-11-26(35)32(23)16-18)12-13-31-27-20-6-1-2-7-21(20)29(37)33(27)24-9-4-3-8-22(24)28(31)36/h1-11,18-19,27H,12-17H2/t18-,19+,27+/m1/s1. The molecule has 37 heavy (non-hydrogen) atoms. The van der Waals surface area contributed by atoms with Gasteiger partial charge in [-0.3, -0.25) is 24.1 Å². The van der Waals surface area contributed by atoms with Crippen LogP contribution in [0.4, 0.5) is 5.69 Å². The Hall–Kier alpha value is -4.20. The summed E-state index contributed by atoms with van der Waals surface area (Å²) in [6, 6.07) is 19.9. The van der Waals surface area contributed by atoms with E-state index < -0.39 is 6.17 Å². The van der Waals surface area contributed by atoms with Crippen LogP contribution in [0.5, 0.6) is 0 Å². The van der Waals surface area contributed by atoms with Gasteiger partial charge in [-0.2, -0.15) is 0 Å². The molecule has 0 aliphatic carbocycles. The van der Waals surface area contributed by atoms with Gasteiger partial charge in [-0.25, -0.2) is 0 Å². The molecule has 4 aliphatic heterocycles. The number of hydrogen-bond acceptors (Lipinski definition) is 4. The monoisotopic (exact) mass is 494 g/mol. The molecule has 0 N–H and O–H groups in total. The van der Waals surface area contributed by atoms with Crippen LogP contribution in [0.15, 0.2) is 71.5 Å². The van der Waals surface area contributed by atoms with E-state index in [1.54, 1.807) is 40.1 Å². The second kappa shape index (κ2) is 8.16. The van der Waals surface area contributed by atoms with E-state index in [4.69, 9.17) is 0 Å². The van der Waals surface area contributed by atoms with Gasteiger partial charge in [0, 0.05) is 61.4 Å². The lowest BCUT2D eigenvalue weighted by Gasteiger charge is -2.43. The molecule has 2 bridgehead atoms. The summed E-state index contributed by atoms with van der Waals surface area (Å²) in [5.74, 6) is 0.0853. The van der Waals surface area contributed by atoms with Crippen LogP contribution in [0.2, 0.25) is 0 Å². The van der Waals surface area contributed by atoms with Crippen LogP contribution < -0.4 is 10.5 Å². The SMILES string of the molecule is O=C(CCN1C(=O)c2ccccc2N2C(=O)c3ccccc3[C@@H]12)N1C[C@H]2C[C@@H](C1)c1cccc(=O)n1C2. The van der Waals surface area contributed by atoms with Crippen molar-refractivity contribution >= 4 is 23.4 Å². The zero-order valence-electron chi connectivity index (χ0n) is 20.2. The molecular formula is C29H26N4O4. The van der Waals surface area contributed by atoms with Crippen molar-refractivity contribution in [3.05, 3.63) is 99.5 Å². The molecule has 0 unspecified atom stereocenters. The number of amides is 3. The molecule has 1 fully saturated rings. The lowest BCUT2D eigenvalue weighted by atomic mass is 9.83. The van der Waals surface area contributed by atoms with Crippen molar-refractivity contribution in [2.45, 2.75) is 31.5 Å². The van der Waals surface area contributed by atoms with E-state index in [-0.39, 0.29) is 48.1 Å². The van der Waals surface area contributed by atoms with Gasteiger partial charge in [0.1, 0.15) is 6.17 Å². The van der Waals surface area contributed by atoms with E-state index >= 15 is 0 Å². The van der Waals surface area contributed by atoms with Crippen molar-refractivity contribution in [2.24, 2.45) is 5.92 Å². The predicted octanol–water partition coefficient (Wildman–Crippen LogP) is 3.00. The van der Waals surface area contributed by atoms with E-state index in [2.05, 4.69) is 0 Å². The molecule has 8 nitrogen and oxygen atoms in total. The Morgan fingerprint density at radius 3 is 2.46 bits per heavy atom. The Kier molecular flexibility index (Phi) is 4.86. The van der Waals surface area contributed by atoms with Crippen molar-refractivity contribution in [1.29, 1.82) is 0 Å². The maximum absolute atomic E-state index is 13.6. The van der Waals surface area contributed by atoms with Gasteiger partial charge in [0.15, 0.2) is 0 Å². The third kappa shape index (κ3) is 3.28. The molecule has 3 atom stereocenters. The molecule has 1 saturated heterocycles. The average molecular weight is 495 g/mol. The molecular weight excluding hydrogens is 468 g/mol. The minimum atomic E-state index is -0.557. The molecule has 0 spiro atoms. The van der Waals surface area contributed by atoms with Gasteiger partial charge >= 0.3 is 0 Å². The fraction of sp³-hybridized carbons (Fsp3) is 0.310. The summed E-state index contributed by atoms with van der Waals surface area (Å²) in [5, 5.41) is 0. The second-order valence-corrected chi connectivity index (χ2v) is 10.4. The Morgan fingerprint density at radius 2 is 1.59 bits per heavy atom. The Labute approximate surface area is 213 Å². The second-order valence-electron chi connectivity index (χ2n) is 10.4. The van der Waals surface area contributed by atoms with Crippen LogP contribution in [0.1, 0.15) is 56.9 Å². The minimum absolute atomic E-state index is 0.00255. The smallest absolute Gasteiger partial charge is 0.260 e. The number of hydrogen-bond donors (Lipinski definition) is 0. The Bertz CT molecular complexity index is 1530. The minimum Gasteiger partial charge on any atom is -0.342 e. The summed E-state index contributed by atoms with van der Waals surface area (Å²) < 4.78 is 1.85. The maximum Gasteiger partial charge on any atom is 0.260 e. The summed E-state index contributed by atoms with van der Waals surface area (Å²) >= 11 is 0. The maximum atomic E-state index is 13.6. The van der Waals surface area contributed by atoms with Crippen LogP contribution in [0.25, 0.3) is 0 Å². The van der Waals surface area contributed by atoms with Crippen LogP contribution in [0.3, 0.4) is 0 Å². The highest BCUT2D eigenvalue weighted by Gasteiger charge is 2.47. The number of likely N-dealkylation sites (tertiary alicyclic amines) is 1. The van der Waals surface area contributed by atoms with Crippen molar-refractivity contribution in [3.8, 4) is 0 Å². The molecule has 5 heterocycles. The molecule has 2 aromatic carbocycles. The number of nitrogens with zero attached hydrogens (tertiary/aromatic N) is 4. The van der Waals surface area contributed by atoms with Gasteiger partial charge in [0.2, 0.25) is 5.91 Å². The highest BCUT2D eigenvalue weighted by molar-refractivity contribution is 6.16. The zero-order valence-corrected chi connectivity index (χ0v) is 20.2. The normalized spacial score (nSPS) is 23.4. The molecule has 3 amide bonds. The van der Waals surface area contributed by atoms with Gasteiger partial charge < -0.3 is 14.4 Å². The number of benzene rings is 2. The average Bonchev–Trinajstić information content (AvgIpc) is 3.21. The number of aromatic nitrogens is 1. The van der Waals surface area contributed by atoms with Crippen molar-refractivity contribution in [1.82, 2.24) is 14.4 Å². The zero-order chi connectivity index (χ0) is 25.3. The number of anilines is 1. The summed E-state index contributed by atoms with van der Waals surface area (Å²) in [5.41, 5.74) is 3.48. The summed E-state index contributed by atoms with van der Waals surface area (Å²) in [6.07, 6.45) is 0.596. The molecule has 8 heteroatoms. The molecule has 0 saturated carbocycles. The predicted molar refractivity (Wildman–Crippen MR) is 136 cm³/mol. The summed E-state index contributed by atoms with van der Waals surface area (Å²) in [4.78, 5) is 58.0. The fourth-order valence-electron chi connectivity index (χ4n) is 6.67. The first-order chi connectivity index (χ1) is 18.0. The van der Waals surface area contributed by atoms with Crippen LogP contribution >= 0.6 is 0 Å². The van der Waals surface area contributed by atoms with Gasteiger partial charge in [0.25, 0.3) is 17.4 Å². The number of carbonyl (C=O) groups is 3. The Balaban J connectivity index is 1.15. The highest BCUT2D eigenvalue weighted by Crippen LogP contribution is 2.45.